The Morgan fingerprint density at radius 3 is 2.41 bits per heavy atom. The van der Waals surface area contributed by atoms with E-state index in [1.807, 2.05) is 27.7 Å². The van der Waals surface area contributed by atoms with E-state index in [0.29, 0.717) is 37.7 Å². The second kappa shape index (κ2) is 9.04. The molecule has 5 rings (SSSR count). The fourth-order valence-corrected chi connectivity index (χ4v) is 7.26. The van der Waals surface area contributed by atoms with Gasteiger partial charge < -0.3 is 14.7 Å². The van der Waals surface area contributed by atoms with Gasteiger partial charge in [0, 0.05) is 48.8 Å². The second-order valence-corrected chi connectivity index (χ2v) is 13.9. The Balaban J connectivity index is 1.48. The van der Waals surface area contributed by atoms with Gasteiger partial charge in [0.1, 0.15) is 34.5 Å². The number of hydrogen-bond donors (Lipinski definition) is 0. The van der Waals surface area contributed by atoms with Crippen molar-refractivity contribution in [3.05, 3.63) is 29.2 Å². The number of amides is 1. The van der Waals surface area contributed by atoms with E-state index < -0.39 is 32.1 Å². The van der Waals surface area contributed by atoms with Gasteiger partial charge in [-0.1, -0.05) is 13.8 Å². The van der Waals surface area contributed by atoms with E-state index in [9.17, 15) is 27.3 Å². The summed E-state index contributed by atoms with van der Waals surface area (Å²) < 4.78 is 50.0. The summed E-state index contributed by atoms with van der Waals surface area (Å²) in [5.41, 5.74) is -0.566. The fourth-order valence-electron chi connectivity index (χ4n) is 5.73. The molecule has 5 heterocycles. The predicted octanol–water partition coefficient (Wildman–Crippen LogP) is 2.51. The molecule has 0 bridgehead atoms. The summed E-state index contributed by atoms with van der Waals surface area (Å²) in [7, 11) is -3.45. The summed E-state index contributed by atoms with van der Waals surface area (Å²) in [4.78, 5) is 28.0. The van der Waals surface area contributed by atoms with Gasteiger partial charge in [-0.2, -0.15) is 5.26 Å². The van der Waals surface area contributed by atoms with E-state index >= 15 is 0 Å². The average Bonchev–Trinajstić information content (AvgIpc) is 3.18. The van der Waals surface area contributed by atoms with Crippen LogP contribution in [0.15, 0.2) is 12.4 Å². The van der Waals surface area contributed by atoms with Gasteiger partial charge in [0.05, 0.1) is 11.3 Å². The summed E-state index contributed by atoms with van der Waals surface area (Å²) in [6.07, 6.45) is -1.17. The van der Waals surface area contributed by atoms with Gasteiger partial charge in [-0.15, -0.1) is 10.2 Å². The monoisotopic (exact) mass is 560 g/mol. The van der Waals surface area contributed by atoms with Gasteiger partial charge in [-0.25, -0.2) is 27.2 Å². The molecule has 0 N–H and O–H groups in total. The molecule has 208 valence electrons. The molecule has 0 aliphatic carbocycles. The van der Waals surface area contributed by atoms with Gasteiger partial charge in [0.2, 0.25) is 5.91 Å². The van der Waals surface area contributed by atoms with Crippen LogP contribution < -0.4 is 9.80 Å². The number of carbonyl (C=O) groups is 1. The van der Waals surface area contributed by atoms with Crippen molar-refractivity contribution in [1.82, 2.24) is 25.1 Å². The highest BCUT2D eigenvalue weighted by Gasteiger charge is 2.57. The number of sulfone groups is 1. The van der Waals surface area contributed by atoms with Crippen LogP contribution in [0, 0.1) is 11.3 Å². The lowest BCUT2D eigenvalue weighted by Gasteiger charge is -2.49. The second-order valence-electron chi connectivity index (χ2n) is 11.4. The van der Waals surface area contributed by atoms with Crippen molar-refractivity contribution in [2.45, 2.75) is 69.7 Å². The minimum Gasteiger partial charge on any atom is -0.350 e. The summed E-state index contributed by atoms with van der Waals surface area (Å²) in [6.45, 7) is 10.6. The highest BCUT2D eigenvalue weighted by Crippen LogP contribution is 2.47. The average molecular weight is 561 g/mol. The van der Waals surface area contributed by atoms with Crippen molar-refractivity contribution in [3.63, 3.8) is 0 Å². The molecule has 11 nitrogen and oxygen atoms in total. The van der Waals surface area contributed by atoms with Crippen LogP contribution in [0.4, 0.5) is 26.2 Å². The van der Waals surface area contributed by atoms with E-state index in [2.05, 4.69) is 25.1 Å². The number of rotatable bonds is 4. The van der Waals surface area contributed by atoms with Crippen molar-refractivity contribution < 1.29 is 22.0 Å². The summed E-state index contributed by atoms with van der Waals surface area (Å²) in [5, 5.41) is 17.0. The quantitative estimate of drug-likeness (QED) is 0.549. The van der Waals surface area contributed by atoms with Crippen LogP contribution in [0.5, 0.6) is 0 Å². The van der Waals surface area contributed by atoms with Gasteiger partial charge in [-0.3, -0.25) is 4.79 Å². The van der Waals surface area contributed by atoms with Crippen LogP contribution in [0.1, 0.15) is 64.3 Å². The van der Waals surface area contributed by atoms with Crippen molar-refractivity contribution in [2.75, 3.05) is 35.2 Å². The highest BCUT2D eigenvalue weighted by atomic mass is 32.2. The zero-order valence-electron chi connectivity index (χ0n) is 22.4. The molecule has 2 aromatic rings. The first kappa shape index (κ1) is 27.1. The third-order valence-electron chi connectivity index (χ3n) is 8.21. The van der Waals surface area contributed by atoms with E-state index in [4.69, 9.17) is 0 Å². The van der Waals surface area contributed by atoms with Crippen LogP contribution >= 0.6 is 0 Å². The Morgan fingerprint density at radius 1 is 1.13 bits per heavy atom. The zero-order chi connectivity index (χ0) is 28.5. The topological polar surface area (TPSA) is 136 Å². The zero-order valence-corrected chi connectivity index (χ0v) is 23.2. The van der Waals surface area contributed by atoms with Crippen LogP contribution in [0.2, 0.25) is 0 Å². The van der Waals surface area contributed by atoms with Crippen LogP contribution in [0.3, 0.4) is 0 Å². The lowest BCUT2D eigenvalue weighted by Crippen LogP contribution is -2.66. The lowest BCUT2D eigenvalue weighted by atomic mass is 9.87. The van der Waals surface area contributed by atoms with Crippen molar-refractivity contribution in [1.29, 1.82) is 5.26 Å². The first-order valence-corrected chi connectivity index (χ1v) is 14.4. The number of hydrogen-bond acceptors (Lipinski definition) is 10. The van der Waals surface area contributed by atoms with Crippen molar-refractivity contribution in [3.8, 4) is 6.07 Å². The van der Waals surface area contributed by atoms with Gasteiger partial charge in [-0.05, 0) is 27.2 Å². The molecule has 3 aliphatic heterocycles. The molecule has 39 heavy (non-hydrogen) atoms. The number of alkyl halides is 2. The predicted molar refractivity (Wildman–Crippen MR) is 139 cm³/mol. The van der Waals surface area contributed by atoms with E-state index in [1.165, 1.54) is 19.3 Å². The first-order chi connectivity index (χ1) is 18.2. The van der Waals surface area contributed by atoms with E-state index in [-0.39, 0.29) is 35.1 Å². The maximum Gasteiger partial charge on any atom is 0.283 e. The molecule has 0 saturated carbocycles. The fraction of sp³-hybridized carbons (Fsp3) is 0.600. The molecule has 2 aromatic heterocycles. The molecule has 2 fully saturated rings. The molecule has 3 atom stereocenters. The molecule has 0 radical (unpaired) electrons. The number of aromatic nitrogens is 4. The van der Waals surface area contributed by atoms with Gasteiger partial charge >= 0.3 is 0 Å². The van der Waals surface area contributed by atoms with Crippen LogP contribution in [-0.4, -0.2) is 81.6 Å². The maximum absolute atomic E-state index is 13.3. The Labute approximate surface area is 225 Å². The molecule has 0 aromatic carbocycles. The number of nitriles is 1. The minimum atomic E-state index is -3.45. The molecule has 1 amide bonds. The molecule has 14 heteroatoms. The SMILES string of the molecule is C[C@@H]1CN(c2ncnc3c2C(C)(C)CN3c2cc(C#N)c(C(F)F)nn2)[C@@H](C)CN1C(=O)[C@]1(C)CCS1(=O)=O. The van der Waals surface area contributed by atoms with Gasteiger partial charge in [0.15, 0.2) is 15.7 Å². The Morgan fingerprint density at radius 2 is 1.82 bits per heavy atom. The molecule has 0 spiro atoms. The number of halogens is 2. The third kappa shape index (κ3) is 4.09. The van der Waals surface area contributed by atoms with Gasteiger partial charge in [0.25, 0.3) is 6.43 Å². The molecule has 3 aliphatic rings. The minimum absolute atomic E-state index is 0.0307. The Hall–Kier alpha value is -3.47. The normalized spacial score (nSPS) is 27.2. The summed E-state index contributed by atoms with van der Waals surface area (Å²) in [6, 6.07) is 2.64. The Kier molecular flexibility index (Phi) is 6.28. The number of carbonyl (C=O) groups excluding carboxylic acids is 1. The third-order valence-corrected chi connectivity index (χ3v) is 10.7. The number of nitrogens with zero attached hydrogens (tertiary/aromatic N) is 8. The lowest BCUT2D eigenvalue weighted by molar-refractivity contribution is -0.137. The smallest absolute Gasteiger partial charge is 0.283 e. The molecular formula is C25H30F2N8O3S. The van der Waals surface area contributed by atoms with Crippen molar-refractivity contribution >= 4 is 33.2 Å². The number of fused-ring (bicyclic) bond motifs is 1. The number of anilines is 3. The standard InChI is InChI=1S/C25H30F2N8O3S/c1-14-11-34(23(36)25(5)6-7-39(25,37)38)15(2)10-33(14)21-18-22(30-13-29-21)35(12-24(18,3)4)17-8-16(9-28)19(20(26)27)32-31-17/h8,13-15,20H,6-7,10-12H2,1-5H3/t14-,15+,25-/m0/s1. The van der Waals surface area contributed by atoms with Crippen LogP contribution in [0.25, 0.3) is 0 Å². The van der Waals surface area contributed by atoms with E-state index in [0.717, 1.165) is 5.56 Å². The molecule has 2 saturated heterocycles. The largest absolute Gasteiger partial charge is 0.350 e. The summed E-state index contributed by atoms with van der Waals surface area (Å²) >= 11 is 0. The first-order valence-electron chi connectivity index (χ1n) is 12.7. The highest BCUT2D eigenvalue weighted by molar-refractivity contribution is 7.95. The van der Waals surface area contributed by atoms with Crippen molar-refractivity contribution in [2.24, 2.45) is 0 Å². The number of piperazine rings is 1. The van der Waals surface area contributed by atoms with Crippen LogP contribution in [-0.2, 0) is 20.0 Å². The summed E-state index contributed by atoms with van der Waals surface area (Å²) in [5.74, 6) is 1.13. The molecule has 0 unspecified atom stereocenters. The van der Waals surface area contributed by atoms with E-state index in [1.54, 1.807) is 15.9 Å². The Bertz CT molecular complexity index is 1490. The molecular weight excluding hydrogens is 530 g/mol. The maximum atomic E-state index is 13.3.